The molecule has 0 saturated carbocycles. The number of halogens is 2. The highest BCUT2D eigenvalue weighted by molar-refractivity contribution is 6.36. The summed E-state index contributed by atoms with van der Waals surface area (Å²) in [7, 11) is 0. The van der Waals surface area contributed by atoms with Gasteiger partial charge in [0.1, 0.15) is 0 Å². The van der Waals surface area contributed by atoms with Crippen molar-refractivity contribution in [2.24, 2.45) is 5.73 Å². The molecule has 4 nitrogen and oxygen atoms in total. The molecule has 19 heavy (non-hydrogen) atoms. The fourth-order valence-electron chi connectivity index (χ4n) is 1.77. The number of nitrogens with two attached hydrogens (primary N) is 1. The van der Waals surface area contributed by atoms with Crippen LogP contribution < -0.4 is 5.73 Å². The van der Waals surface area contributed by atoms with Gasteiger partial charge < -0.3 is 10.3 Å². The topological polar surface area (TPSA) is 64.9 Å². The molecule has 102 valence electrons. The maximum atomic E-state index is 6.11. The maximum absolute atomic E-state index is 6.11. The fraction of sp³-hybridized carbons (Fsp3) is 0.385. The number of benzene rings is 1. The van der Waals surface area contributed by atoms with Crippen molar-refractivity contribution in [1.29, 1.82) is 0 Å². The van der Waals surface area contributed by atoms with Crippen molar-refractivity contribution < 1.29 is 4.52 Å². The monoisotopic (exact) mass is 299 g/mol. The van der Waals surface area contributed by atoms with Crippen LogP contribution in [0.1, 0.15) is 36.5 Å². The molecule has 0 fully saturated rings. The predicted octanol–water partition coefficient (Wildman–Crippen LogP) is 3.42. The van der Waals surface area contributed by atoms with Crippen LogP contribution in [-0.4, -0.2) is 16.7 Å². The van der Waals surface area contributed by atoms with Crippen LogP contribution in [-0.2, 0) is 6.42 Å². The summed E-state index contributed by atoms with van der Waals surface area (Å²) in [6.07, 6.45) is 1.27. The van der Waals surface area contributed by atoms with E-state index in [4.69, 9.17) is 33.5 Å². The molecular weight excluding hydrogens is 285 g/mol. The second-order valence-corrected chi connectivity index (χ2v) is 5.22. The molecule has 1 aromatic carbocycles. The van der Waals surface area contributed by atoms with Crippen molar-refractivity contribution in [2.75, 3.05) is 6.54 Å². The van der Waals surface area contributed by atoms with Crippen molar-refractivity contribution >= 4 is 23.2 Å². The van der Waals surface area contributed by atoms with Crippen LogP contribution in [0.3, 0.4) is 0 Å². The number of nitrogens with zero attached hydrogens (tertiary/aromatic N) is 2. The summed E-state index contributed by atoms with van der Waals surface area (Å²) >= 11 is 12.2. The number of hydrogen-bond donors (Lipinski definition) is 1. The van der Waals surface area contributed by atoms with E-state index < -0.39 is 0 Å². The molecule has 2 rings (SSSR count). The Hall–Kier alpha value is -1.10. The second-order valence-electron chi connectivity index (χ2n) is 4.40. The molecule has 0 amide bonds. The predicted molar refractivity (Wildman–Crippen MR) is 75.7 cm³/mol. The highest BCUT2D eigenvalue weighted by Crippen LogP contribution is 2.26. The van der Waals surface area contributed by atoms with Crippen molar-refractivity contribution in [2.45, 2.75) is 25.7 Å². The summed E-state index contributed by atoms with van der Waals surface area (Å²) in [5.41, 5.74) is 6.32. The molecule has 0 spiro atoms. The minimum Gasteiger partial charge on any atom is -0.339 e. The zero-order chi connectivity index (χ0) is 13.8. The van der Waals surface area contributed by atoms with Crippen LogP contribution in [0.25, 0.3) is 0 Å². The number of aromatic nitrogens is 2. The third-order valence-electron chi connectivity index (χ3n) is 2.90. The van der Waals surface area contributed by atoms with Gasteiger partial charge in [-0.05, 0) is 30.7 Å². The number of hydrogen-bond acceptors (Lipinski definition) is 4. The number of rotatable bonds is 5. The smallest absolute Gasteiger partial charge is 0.229 e. The van der Waals surface area contributed by atoms with Gasteiger partial charge in [-0.3, -0.25) is 0 Å². The molecule has 2 aromatic rings. The van der Waals surface area contributed by atoms with E-state index in [0.29, 0.717) is 34.7 Å². The average molecular weight is 300 g/mol. The molecule has 0 radical (unpaired) electrons. The maximum Gasteiger partial charge on any atom is 0.229 e. The summed E-state index contributed by atoms with van der Waals surface area (Å²) in [6, 6.07) is 5.39. The molecule has 0 bridgehead atoms. The fourth-order valence-corrected chi connectivity index (χ4v) is 2.30. The third-order valence-corrected chi connectivity index (χ3v) is 3.61. The van der Waals surface area contributed by atoms with E-state index in [1.165, 1.54) is 0 Å². The second kappa shape index (κ2) is 6.37. The van der Waals surface area contributed by atoms with Gasteiger partial charge in [-0.25, -0.2) is 0 Å². The van der Waals surface area contributed by atoms with Crippen molar-refractivity contribution in [3.63, 3.8) is 0 Å². The summed E-state index contributed by atoms with van der Waals surface area (Å²) in [4.78, 5) is 4.36. The molecule has 1 atom stereocenters. The van der Waals surface area contributed by atoms with Crippen LogP contribution >= 0.6 is 23.2 Å². The third kappa shape index (κ3) is 3.47. The molecule has 0 saturated heterocycles. The van der Waals surface area contributed by atoms with Gasteiger partial charge in [-0.2, -0.15) is 4.98 Å². The summed E-state index contributed by atoms with van der Waals surface area (Å²) < 4.78 is 5.23. The van der Waals surface area contributed by atoms with Crippen LogP contribution in [0.4, 0.5) is 0 Å². The average Bonchev–Trinajstić information content (AvgIpc) is 2.83. The Kier molecular flexibility index (Phi) is 4.80. The van der Waals surface area contributed by atoms with E-state index in [1.54, 1.807) is 18.2 Å². The lowest BCUT2D eigenvalue weighted by atomic mass is 10.1. The van der Waals surface area contributed by atoms with Crippen molar-refractivity contribution in [1.82, 2.24) is 10.1 Å². The molecule has 2 N–H and O–H groups in total. The largest absolute Gasteiger partial charge is 0.339 e. The zero-order valence-electron chi connectivity index (χ0n) is 10.6. The molecular formula is C13H15Cl2N3O. The van der Waals surface area contributed by atoms with Crippen LogP contribution in [0.2, 0.25) is 10.0 Å². The first-order valence-electron chi connectivity index (χ1n) is 6.07. The van der Waals surface area contributed by atoms with Gasteiger partial charge in [-0.1, -0.05) is 41.3 Å². The Morgan fingerprint density at radius 2 is 2.00 bits per heavy atom. The van der Waals surface area contributed by atoms with E-state index >= 15 is 0 Å². The lowest BCUT2D eigenvalue weighted by molar-refractivity contribution is 0.351. The van der Waals surface area contributed by atoms with Crippen LogP contribution in [0, 0.1) is 0 Å². The molecule has 0 aliphatic rings. The first-order valence-corrected chi connectivity index (χ1v) is 6.83. The Morgan fingerprint density at radius 3 is 2.63 bits per heavy atom. The molecule has 0 aliphatic heterocycles. The van der Waals surface area contributed by atoms with Gasteiger partial charge in [0.15, 0.2) is 5.82 Å². The summed E-state index contributed by atoms with van der Waals surface area (Å²) in [5.74, 6) is 1.34. The highest BCUT2D eigenvalue weighted by atomic mass is 35.5. The molecule has 1 unspecified atom stereocenters. The zero-order valence-corrected chi connectivity index (χ0v) is 12.1. The van der Waals surface area contributed by atoms with Crippen molar-refractivity contribution in [3.05, 3.63) is 45.5 Å². The molecule has 1 heterocycles. The lowest BCUT2D eigenvalue weighted by Crippen LogP contribution is -2.05. The quantitative estimate of drug-likeness (QED) is 0.919. The Morgan fingerprint density at radius 1 is 1.32 bits per heavy atom. The minimum atomic E-state index is 0.160. The first kappa shape index (κ1) is 14.3. The van der Waals surface area contributed by atoms with Gasteiger partial charge in [-0.15, -0.1) is 0 Å². The van der Waals surface area contributed by atoms with Crippen LogP contribution in [0.5, 0.6) is 0 Å². The van der Waals surface area contributed by atoms with E-state index in [2.05, 4.69) is 10.1 Å². The van der Waals surface area contributed by atoms with E-state index in [1.807, 2.05) is 6.92 Å². The van der Waals surface area contributed by atoms with E-state index in [9.17, 15) is 0 Å². The van der Waals surface area contributed by atoms with E-state index in [-0.39, 0.29) is 5.92 Å². The minimum absolute atomic E-state index is 0.160. The SMILES string of the molecule is CC(CCN)c1nc(Cc2c(Cl)cccc2Cl)no1. The molecule has 1 aromatic heterocycles. The van der Waals surface area contributed by atoms with Gasteiger partial charge >= 0.3 is 0 Å². The van der Waals surface area contributed by atoms with Crippen LogP contribution in [0.15, 0.2) is 22.7 Å². The summed E-state index contributed by atoms with van der Waals surface area (Å²) in [5, 5.41) is 5.16. The Balaban J connectivity index is 2.16. The van der Waals surface area contributed by atoms with Crippen molar-refractivity contribution in [3.8, 4) is 0 Å². The van der Waals surface area contributed by atoms with E-state index in [0.717, 1.165) is 12.0 Å². The molecule has 6 heteroatoms. The Labute approximate surface area is 121 Å². The summed E-state index contributed by atoms with van der Waals surface area (Å²) in [6.45, 7) is 2.60. The van der Waals surface area contributed by atoms with Gasteiger partial charge in [0.2, 0.25) is 5.89 Å². The van der Waals surface area contributed by atoms with Gasteiger partial charge in [0.05, 0.1) is 0 Å². The van der Waals surface area contributed by atoms with Gasteiger partial charge in [0.25, 0.3) is 0 Å². The normalized spacial score (nSPS) is 12.6. The lowest BCUT2D eigenvalue weighted by Gasteiger charge is -2.03. The Bertz CT molecular complexity index is 536. The standard InChI is InChI=1S/C13H15Cl2N3O/c1-8(5-6-16)13-17-12(18-19-13)7-9-10(14)3-2-4-11(9)15/h2-4,8H,5-7,16H2,1H3. The van der Waals surface area contributed by atoms with Gasteiger partial charge in [0, 0.05) is 22.4 Å². The molecule has 0 aliphatic carbocycles. The first-order chi connectivity index (χ1) is 9.11. The highest BCUT2D eigenvalue weighted by Gasteiger charge is 2.15.